The lowest BCUT2D eigenvalue weighted by Gasteiger charge is -2.22. The summed E-state index contributed by atoms with van der Waals surface area (Å²) in [5.74, 6) is -0.354. The number of carbonyl (C=O) groups is 2. The van der Waals surface area contributed by atoms with Crippen LogP contribution in [0.1, 0.15) is 42.6 Å². The summed E-state index contributed by atoms with van der Waals surface area (Å²) in [6, 6.07) is 16.8. The van der Waals surface area contributed by atoms with Gasteiger partial charge in [-0.2, -0.15) is 0 Å². The van der Waals surface area contributed by atoms with Crippen molar-refractivity contribution in [2.24, 2.45) is 5.73 Å². The van der Waals surface area contributed by atoms with Crippen molar-refractivity contribution >= 4 is 17.5 Å². The Labute approximate surface area is 155 Å². The minimum absolute atomic E-state index is 0.131. The molecule has 0 bridgehead atoms. The summed E-state index contributed by atoms with van der Waals surface area (Å²) in [5.41, 5.74) is 7.49. The largest absolute Gasteiger partial charge is 0.352 e. The average molecular weight is 353 g/mol. The van der Waals surface area contributed by atoms with E-state index in [1.165, 1.54) is 5.56 Å². The van der Waals surface area contributed by atoms with Crippen LogP contribution in [0.3, 0.4) is 0 Å². The third-order valence-corrected chi connectivity index (χ3v) is 4.24. The van der Waals surface area contributed by atoms with E-state index in [-0.39, 0.29) is 11.8 Å². The fourth-order valence-electron chi connectivity index (χ4n) is 2.68. The first-order valence-electron chi connectivity index (χ1n) is 8.95. The predicted molar refractivity (Wildman–Crippen MR) is 105 cm³/mol. The molecular formula is C21H27N3O2. The van der Waals surface area contributed by atoms with E-state index >= 15 is 0 Å². The highest BCUT2D eigenvalue weighted by Gasteiger charge is 2.27. The van der Waals surface area contributed by atoms with Gasteiger partial charge in [-0.05, 0) is 49.6 Å². The number of hydrogen-bond donors (Lipinski definition) is 3. The Kier molecular flexibility index (Phi) is 6.92. The van der Waals surface area contributed by atoms with Gasteiger partial charge in [0.05, 0.1) is 5.54 Å². The molecule has 2 aromatic rings. The van der Waals surface area contributed by atoms with Gasteiger partial charge < -0.3 is 16.4 Å². The zero-order chi connectivity index (χ0) is 19.0. The SMILES string of the molecule is CCCC(C)(N)C(=O)Nc1ccc(C(=O)NCCc2ccccc2)cc1. The van der Waals surface area contributed by atoms with Crippen molar-refractivity contribution in [1.29, 1.82) is 0 Å². The number of anilines is 1. The van der Waals surface area contributed by atoms with Gasteiger partial charge in [-0.1, -0.05) is 43.7 Å². The molecule has 2 rings (SSSR count). The molecule has 0 heterocycles. The standard InChI is InChI=1S/C21H27N3O2/c1-3-14-21(2,22)20(26)24-18-11-9-17(10-12-18)19(25)23-15-13-16-7-5-4-6-8-16/h4-12H,3,13-15,22H2,1-2H3,(H,23,25)(H,24,26). The van der Waals surface area contributed by atoms with Gasteiger partial charge in [-0.3, -0.25) is 9.59 Å². The third kappa shape index (κ3) is 5.70. The minimum Gasteiger partial charge on any atom is -0.352 e. The van der Waals surface area contributed by atoms with Crippen LogP contribution in [-0.4, -0.2) is 23.9 Å². The molecule has 0 aliphatic rings. The van der Waals surface area contributed by atoms with Crippen molar-refractivity contribution < 1.29 is 9.59 Å². The molecule has 26 heavy (non-hydrogen) atoms. The van der Waals surface area contributed by atoms with E-state index in [1.807, 2.05) is 37.3 Å². The molecule has 0 fully saturated rings. The van der Waals surface area contributed by atoms with Gasteiger partial charge in [0, 0.05) is 17.8 Å². The van der Waals surface area contributed by atoms with Gasteiger partial charge in [-0.15, -0.1) is 0 Å². The topological polar surface area (TPSA) is 84.2 Å². The Morgan fingerprint density at radius 1 is 1.04 bits per heavy atom. The van der Waals surface area contributed by atoms with E-state index in [2.05, 4.69) is 10.6 Å². The number of benzene rings is 2. The maximum absolute atomic E-state index is 12.2. The van der Waals surface area contributed by atoms with Crippen molar-refractivity contribution in [2.75, 3.05) is 11.9 Å². The van der Waals surface area contributed by atoms with Crippen LogP contribution >= 0.6 is 0 Å². The van der Waals surface area contributed by atoms with Crippen LogP contribution < -0.4 is 16.4 Å². The van der Waals surface area contributed by atoms with E-state index in [1.54, 1.807) is 31.2 Å². The predicted octanol–water partition coefficient (Wildman–Crippen LogP) is 3.12. The van der Waals surface area contributed by atoms with Gasteiger partial charge in [0.2, 0.25) is 5.91 Å². The molecule has 1 atom stereocenters. The first-order chi connectivity index (χ1) is 12.4. The highest BCUT2D eigenvalue weighted by molar-refractivity contribution is 5.98. The second-order valence-corrected chi connectivity index (χ2v) is 6.69. The lowest BCUT2D eigenvalue weighted by molar-refractivity contribution is -0.120. The summed E-state index contributed by atoms with van der Waals surface area (Å²) in [4.78, 5) is 24.4. The quantitative estimate of drug-likeness (QED) is 0.682. The van der Waals surface area contributed by atoms with Crippen molar-refractivity contribution in [3.8, 4) is 0 Å². The van der Waals surface area contributed by atoms with Gasteiger partial charge in [0.1, 0.15) is 0 Å². The molecular weight excluding hydrogens is 326 g/mol. The van der Waals surface area contributed by atoms with Gasteiger partial charge in [0.15, 0.2) is 0 Å². The van der Waals surface area contributed by atoms with Crippen LogP contribution in [0, 0.1) is 0 Å². The third-order valence-electron chi connectivity index (χ3n) is 4.24. The molecule has 0 saturated carbocycles. The zero-order valence-corrected chi connectivity index (χ0v) is 15.4. The highest BCUT2D eigenvalue weighted by atomic mass is 16.2. The van der Waals surface area contributed by atoms with Crippen LogP contribution in [0.4, 0.5) is 5.69 Å². The minimum atomic E-state index is -0.901. The second kappa shape index (κ2) is 9.15. The molecule has 2 amide bonds. The molecule has 0 aliphatic heterocycles. The Balaban J connectivity index is 1.86. The summed E-state index contributed by atoms with van der Waals surface area (Å²) < 4.78 is 0. The van der Waals surface area contributed by atoms with E-state index in [0.29, 0.717) is 24.2 Å². The lowest BCUT2D eigenvalue weighted by Crippen LogP contribution is -2.48. The van der Waals surface area contributed by atoms with Crippen LogP contribution in [0.15, 0.2) is 54.6 Å². The fourth-order valence-corrected chi connectivity index (χ4v) is 2.68. The smallest absolute Gasteiger partial charge is 0.251 e. The van der Waals surface area contributed by atoms with Crippen LogP contribution in [0.25, 0.3) is 0 Å². The number of hydrogen-bond acceptors (Lipinski definition) is 3. The number of amides is 2. The zero-order valence-electron chi connectivity index (χ0n) is 15.4. The van der Waals surface area contributed by atoms with E-state index < -0.39 is 5.54 Å². The normalized spacial score (nSPS) is 12.9. The van der Waals surface area contributed by atoms with E-state index in [0.717, 1.165) is 12.8 Å². The molecule has 5 nitrogen and oxygen atoms in total. The molecule has 0 aliphatic carbocycles. The molecule has 0 radical (unpaired) electrons. The van der Waals surface area contributed by atoms with Crippen LogP contribution in [0.2, 0.25) is 0 Å². The summed E-state index contributed by atoms with van der Waals surface area (Å²) in [5, 5.41) is 5.70. The van der Waals surface area contributed by atoms with Gasteiger partial charge in [0.25, 0.3) is 5.91 Å². The molecule has 0 saturated heterocycles. The van der Waals surface area contributed by atoms with Crippen molar-refractivity contribution in [3.05, 3.63) is 65.7 Å². The summed E-state index contributed by atoms with van der Waals surface area (Å²) >= 11 is 0. The number of nitrogens with one attached hydrogen (secondary N) is 2. The molecule has 0 aromatic heterocycles. The monoisotopic (exact) mass is 353 g/mol. The van der Waals surface area contributed by atoms with Gasteiger partial charge in [-0.25, -0.2) is 0 Å². The number of nitrogens with two attached hydrogens (primary N) is 1. The first-order valence-corrected chi connectivity index (χ1v) is 8.95. The summed E-state index contributed by atoms with van der Waals surface area (Å²) in [6.07, 6.45) is 2.23. The molecule has 5 heteroatoms. The first kappa shape index (κ1) is 19.7. The van der Waals surface area contributed by atoms with Crippen LogP contribution in [0.5, 0.6) is 0 Å². The molecule has 138 valence electrons. The van der Waals surface area contributed by atoms with Crippen molar-refractivity contribution in [3.63, 3.8) is 0 Å². The lowest BCUT2D eigenvalue weighted by atomic mass is 9.96. The molecule has 4 N–H and O–H groups in total. The molecule has 0 spiro atoms. The second-order valence-electron chi connectivity index (χ2n) is 6.69. The molecule has 2 aromatic carbocycles. The fraction of sp³-hybridized carbons (Fsp3) is 0.333. The van der Waals surface area contributed by atoms with Crippen molar-refractivity contribution in [2.45, 2.75) is 38.6 Å². The van der Waals surface area contributed by atoms with E-state index in [4.69, 9.17) is 5.73 Å². The maximum Gasteiger partial charge on any atom is 0.251 e. The Hall–Kier alpha value is -2.66. The van der Waals surface area contributed by atoms with E-state index in [9.17, 15) is 9.59 Å². The van der Waals surface area contributed by atoms with Crippen LogP contribution in [-0.2, 0) is 11.2 Å². The average Bonchev–Trinajstić information content (AvgIpc) is 2.63. The number of carbonyl (C=O) groups excluding carboxylic acids is 2. The summed E-state index contributed by atoms with van der Waals surface area (Å²) in [6.45, 7) is 4.29. The highest BCUT2D eigenvalue weighted by Crippen LogP contribution is 2.15. The Morgan fingerprint density at radius 3 is 2.31 bits per heavy atom. The summed E-state index contributed by atoms with van der Waals surface area (Å²) in [7, 11) is 0. The van der Waals surface area contributed by atoms with Crippen molar-refractivity contribution in [1.82, 2.24) is 5.32 Å². The molecule has 1 unspecified atom stereocenters. The van der Waals surface area contributed by atoms with Gasteiger partial charge >= 0.3 is 0 Å². The Bertz CT molecular complexity index is 725. The number of rotatable bonds is 8. The Morgan fingerprint density at radius 2 is 1.69 bits per heavy atom. The maximum atomic E-state index is 12.2.